The highest BCUT2D eigenvalue weighted by Crippen LogP contribution is 2.23. The molecule has 0 saturated heterocycles. The number of carbonyl (C=O) groups is 2. The van der Waals surface area contributed by atoms with Crippen LogP contribution in [0.4, 0.5) is 5.69 Å². The first kappa shape index (κ1) is 23.0. The molecule has 164 valence electrons. The Morgan fingerprint density at radius 2 is 1.72 bits per heavy atom. The van der Waals surface area contributed by atoms with Gasteiger partial charge in [-0.1, -0.05) is 46.3 Å². The van der Waals surface area contributed by atoms with Crippen LogP contribution in [0.25, 0.3) is 0 Å². The van der Waals surface area contributed by atoms with Crippen LogP contribution in [0.5, 0.6) is 11.5 Å². The molecule has 8 heteroatoms. The molecule has 7 nitrogen and oxygen atoms in total. The number of benzene rings is 3. The van der Waals surface area contributed by atoms with Gasteiger partial charge in [0.05, 0.1) is 12.8 Å². The van der Waals surface area contributed by atoms with Gasteiger partial charge in [-0.3, -0.25) is 9.59 Å². The standard InChI is InChI=1S/C24H22BrN3O4/c1-2-31-21-11-9-20(10-12-21)27-23(29)24(30)28-26-15-18-14-19(25)8-13-22(18)32-16-17-6-4-3-5-7-17/h3-15H,2,16H2,1H3,(H,27,29)(H,28,30). The molecule has 0 aliphatic rings. The number of ether oxygens (including phenoxy) is 2. The van der Waals surface area contributed by atoms with Crippen LogP contribution in [0.15, 0.2) is 82.4 Å². The van der Waals surface area contributed by atoms with Gasteiger partial charge in [-0.05, 0) is 55.0 Å². The highest BCUT2D eigenvalue weighted by atomic mass is 79.9. The smallest absolute Gasteiger partial charge is 0.329 e. The van der Waals surface area contributed by atoms with Gasteiger partial charge < -0.3 is 14.8 Å². The summed E-state index contributed by atoms with van der Waals surface area (Å²) in [6, 6.07) is 21.9. The number of anilines is 1. The second-order valence-corrected chi connectivity index (χ2v) is 7.48. The Labute approximate surface area is 194 Å². The average Bonchev–Trinajstić information content (AvgIpc) is 2.80. The molecule has 0 atom stereocenters. The fourth-order valence-electron chi connectivity index (χ4n) is 2.69. The van der Waals surface area contributed by atoms with E-state index in [9.17, 15) is 9.59 Å². The van der Waals surface area contributed by atoms with E-state index in [0.717, 1.165) is 10.0 Å². The van der Waals surface area contributed by atoms with Crippen LogP contribution in [0.1, 0.15) is 18.1 Å². The number of carbonyl (C=O) groups excluding carboxylic acids is 2. The molecular formula is C24H22BrN3O4. The molecule has 0 aliphatic carbocycles. The van der Waals surface area contributed by atoms with Crippen LogP contribution >= 0.6 is 15.9 Å². The zero-order chi connectivity index (χ0) is 22.8. The van der Waals surface area contributed by atoms with Crippen molar-refractivity contribution in [1.82, 2.24) is 5.43 Å². The van der Waals surface area contributed by atoms with Crippen molar-refractivity contribution in [2.24, 2.45) is 5.10 Å². The van der Waals surface area contributed by atoms with Crippen LogP contribution in [-0.4, -0.2) is 24.6 Å². The van der Waals surface area contributed by atoms with Crippen molar-refractivity contribution in [3.05, 3.63) is 88.4 Å². The van der Waals surface area contributed by atoms with Gasteiger partial charge in [0.15, 0.2) is 0 Å². The maximum atomic E-state index is 12.1. The number of rotatable bonds is 8. The maximum absolute atomic E-state index is 12.1. The first-order valence-corrected chi connectivity index (χ1v) is 10.7. The molecular weight excluding hydrogens is 474 g/mol. The lowest BCUT2D eigenvalue weighted by Crippen LogP contribution is -2.32. The summed E-state index contributed by atoms with van der Waals surface area (Å²) in [5.41, 5.74) is 4.37. The van der Waals surface area contributed by atoms with E-state index in [2.05, 4.69) is 31.8 Å². The van der Waals surface area contributed by atoms with Crippen LogP contribution < -0.4 is 20.2 Å². The second-order valence-electron chi connectivity index (χ2n) is 6.57. The molecule has 3 aromatic carbocycles. The number of nitrogens with zero attached hydrogens (tertiary/aromatic N) is 1. The minimum Gasteiger partial charge on any atom is -0.494 e. The molecule has 0 spiro atoms. The molecule has 3 aromatic rings. The van der Waals surface area contributed by atoms with Gasteiger partial charge in [0, 0.05) is 15.7 Å². The summed E-state index contributed by atoms with van der Waals surface area (Å²) in [5, 5.41) is 6.40. The van der Waals surface area contributed by atoms with Crippen LogP contribution in [0.2, 0.25) is 0 Å². The van der Waals surface area contributed by atoms with Gasteiger partial charge in [0.2, 0.25) is 0 Å². The number of nitrogens with one attached hydrogen (secondary N) is 2. The third-order valence-electron chi connectivity index (χ3n) is 4.21. The van der Waals surface area contributed by atoms with Gasteiger partial charge >= 0.3 is 11.8 Å². The zero-order valence-corrected chi connectivity index (χ0v) is 19.0. The fourth-order valence-corrected chi connectivity index (χ4v) is 3.07. The summed E-state index contributed by atoms with van der Waals surface area (Å²) in [4.78, 5) is 24.2. The van der Waals surface area contributed by atoms with Crippen LogP contribution in [0, 0.1) is 0 Å². The third-order valence-corrected chi connectivity index (χ3v) is 4.70. The molecule has 0 aliphatic heterocycles. The topological polar surface area (TPSA) is 89.0 Å². The number of halogens is 1. The highest BCUT2D eigenvalue weighted by Gasteiger charge is 2.13. The summed E-state index contributed by atoms with van der Waals surface area (Å²) in [6.45, 7) is 2.82. The monoisotopic (exact) mass is 495 g/mol. The van der Waals surface area contributed by atoms with E-state index in [4.69, 9.17) is 9.47 Å². The van der Waals surface area contributed by atoms with E-state index in [1.54, 1.807) is 36.4 Å². The van der Waals surface area contributed by atoms with Gasteiger partial charge in [-0.25, -0.2) is 5.43 Å². The number of amides is 2. The summed E-state index contributed by atoms with van der Waals surface area (Å²) >= 11 is 3.41. The lowest BCUT2D eigenvalue weighted by Gasteiger charge is -2.10. The predicted molar refractivity (Wildman–Crippen MR) is 127 cm³/mol. The molecule has 2 amide bonds. The van der Waals surface area contributed by atoms with Crippen LogP contribution in [0.3, 0.4) is 0 Å². The second kappa shape index (κ2) is 11.7. The van der Waals surface area contributed by atoms with E-state index in [1.807, 2.05) is 43.3 Å². The normalized spacial score (nSPS) is 10.6. The van der Waals surface area contributed by atoms with Gasteiger partial charge in [0.25, 0.3) is 0 Å². The van der Waals surface area contributed by atoms with E-state index >= 15 is 0 Å². The lowest BCUT2D eigenvalue weighted by atomic mass is 10.2. The van der Waals surface area contributed by atoms with Crippen molar-refractivity contribution >= 4 is 39.6 Å². The van der Waals surface area contributed by atoms with E-state index in [-0.39, 0.29) is 0 Å². The molecule has 0 heterocycles. The van der Waals surface area contributed by atoms with E-state index in [0.29, 0.717) is 36.0 Å². The Hall–Kier alpha value is -3.65. The summed E-state index contributed by atoms with van der Waals surface area (Å²) in [7, 11) is 0. The van der Waals surface area contributed by atoms with Crippen molar-refractivity contribution < 1.29 is 19.1 Å². The zero-order valence-electron chi connectivity index (χ0n) is 17.4. The van der Waals surface area contributed by atoms with Crippen molar-refractivity contribution in [3.63, 3.8) is 0 Å². The molecule has 0 fully saturated rings. The number of hydrogen-bond acceptors (Lipinski definition) is 5. The molecule has 3 rings (SSSR count). The summed E-state index contributed by atoms with van der Waals surface area (Å²) in [6.07, 6.45) is 1.42. The van der Waals surface area contributed by atoms with Crippen molar-refractivity contribution in [3.8, 4) is 11.5 Å². The number of hydrogen-bond donors (Lipinski definition) is 2. The largest absolute Gasteiger partial charge is 0.494 e. The molecule has 0 aromatic heterocycles. The van der Waals surface area contributed by atoms with E-state index in [1.165, 1.54) is 6.21 Å². The SMILES string of the molecule is CCOc1ccc(NC(=O)C(=O)NN=Cc2cc(Br)ccc2OCc2ccccc2)cc1. The Morgan fingerprint density at radius 1 is 0.969 bits per heavy atom. The first-order chi connectivity index (χ1) is 15.5. The fraction of sp³-hybridized carbons (Fsp3) is 0.125. The van der Waals surface area contributed by atoms with Crippen molar-refractivity contribution in [1.29, 1.82) is 0 Å². The van der Waals surface area contributed by atoms with E-state index < -0.39 is 11.8 Å². The molecule has 0 saturated carbocycles. The molecule has 0 bridgehead atoms. The maximum Gasteiger partial charge on any atom is 0.329 e. The first-order valence-electron chi connectivity index (χ1n) is 9.88. The Bertz CT molecular complexity index is 1090. The Kier molecular flexibility index (Phi) is 8.39. The van der Waals surface area contributed by atoms with Gasteiger partial charge in [-0.15, -0.1) is 0 Å². The average molecular weight is 496 g/mol. The van der Waals surface area contributed by atoms with Gasteiger partial charge in [-0.2, -0.15) is 5.10 Å². The molecule has 2 N–H and O–H groups in total. The third kappa shape index (κ3) is 6.95. The minimum atomic E-state index is -0.892. The molecule has 0 radical (unpaired) electrons. The Morgan fingerprint density at radius 3 is 2.44 bits per heavy atom. The van der Waals surface area contributed by atoms with Crippen molar-refractivity contribution in [2.75, 3.05) is 11.9 Å². The predicted octanol–water partition coefficient (Wildman–Crippen LogP) is 4.52. The van der Waals surface area contributed by atoms with Crippen molar-refractivity contribution in [2.45, 2.75) is 13.5 Å². The summed E-state index contributed by atoms with van der Waals surface area (Å²) < 4.78 is 12.0. The van der Waals surface area contributed by atoms with Crippen LogP contribution in [-0.2, 0) is 16.2 Å². The summed E-state index contributed by atoms with van der Waals surface area (Å²) in [5.74, 6) is -0.453. The van der Waals surface area contributed by atoms with Gasteiger partial charge in [0.1, 0.15) is 18.1 Å². The molecule has 32 heavy (non-hydrogen) atoms. The minimum absolute atomic E-state index is 0.389. The Balaban J connectivity index is 1.57. The quantitative estimate of drug-likeness (QED) is 0.273. The lowest BCUT2D eigenvalue weighted by molar-refractivity contribution is -0.136. The molecule has 0 unspecified atom stereocenters. The highest BCUT2D eigenvalue weighted by molar-refractivity contribution is 9.10. The number of hydrazone groups is 1.